The summed E-state index contributed by atoms with van der Waals surface area (Å²) in [5.74, 6) is -18.2. The van der Waals surface area contributed by atoms with Crippen LogP contribution in [-0.2, 0) is 32.7 Å². The van der Waals surface area contributed by atoms with Crippen LogP contribution >= 0.6 is 56.8 Å². The molecule has 9 aromatic rings. The van der Waals surface area contributed by atoms with Gasteiger partial charge >= 0.3 is 36.3 Å². The lowest BCUT2D eigenvalue weighted by Crippen LogP contribution is -2.37. The molecule has 0 atom stereocenters. The standard InChI is InChI=1S/C11H9F6N5.C11H6F6N4.C10H6F6IN3.C7H4FIN2.C7H6FN3.C6H2ClFN2/c12-5-3-6-7(8(18)19)21-22(9(6)20-4-5)2-1-10(13,14)11(15,16)17;12-6-3-7-8(4-18)20-21(9(7)19-5-6)2-1-10(13,14)11(15,16)17;11-5-3-6-7(17)19-20(8(6)18-4-5)2-1-9(12,13)10(14,15)16;2*8-4-1-5-6(10-2-4)3-11-7(5)9;7-6-4(2-9)1-5(8)3-10-6/h3-4H,1-2H2,(H3,18,19);3,5H,1-2H2;3-4H,1-2H2;1-2H,3H2;1-2H,3H2,(H2,9,11);1,3H. The van der Waals surface area contributed by atoms with Gasteiger partial charge in [0.25, 0.3) is 0 Å². The van der Waals surface area contributed by atoms with Gasteiger partial charge in [-0.05, 0) is 81.6 Å². The number of halogens is 24. The van der Waals surface area contributed by atoms with E-state index in [1.807, 2.05) is 0 Å². The second-order valence-electron chi connectivity index (χ2n) is 18.8. The monoisotopic (exact) mass is 1610 g/mol. The minimum atomic E-state index is -5.68. The van der Waals surface area contributed by atoms with Crippen LogP contribution in [0.15, 0.2) is 83.6 Å². The van der Waals surface area contributed by atoms with E-state index in [0.717, 1.165) is 83.8 Å². The van der Waals surface area contributed by atoms with E-state index < -0.39 is 104 Å². The average Bonchev–Trinajstić information content (AvgIpc) is 1.56. The molecule has 0 amide bonds. The predicted molar refractivity (Wildman–Crippen MR) is 309 cm³/mol. The molecule has 0 fully saturated rings. The zero-order chi connectivity index (χ0) is 70.9. The van der Waals surface area contributed by atoms with Crippen molar-refractivity contribution in [2.24, 2.45) is 21.5 Å². The molecule has 11 rings (SSSR count). The lowest BCUT2D eigenvalue weighted by atomic mass is 10.2. The maximum absolute atomic E-state index is 13.1. The van der Waals surface area contributed by atoms with Gasteiger partial charge in [-0.2, -0.15) is 91.7 Å². The largest absolute Gasteiger partial charge is 0.453 e. The fourth-order valence-corrected chi connectivity index (χ4v) is 8.98. The first-order chi connectivity index (χ1) is 44.1. The molecule has 95 heavy (non-hydrogen) atoms. The molecule has 19 nitrogen and oxygen atoms in total. The molecule has 0 radical (unpaired) electrons. The number of nitrogen functional groups attached to an aromatic ring is 1. The van der Waals surface area contributed by atoms with Gasteiger partial charge in [0.15, 0.2) is 22.6 Å². The second-order valence-corrected chi connectivity index (χ2v) is 21.2. The highest BCUT2D eigenvalue weighted by Crippen LogP contribution is 2.41. The smallest absolute Gasteiger partial charge is 0.383 e. The number of nitrogens with zero attached hydrogens (tertiary/aromatic N) is 16. The summed E-state index contributed by atoms with van der Waals surface area (Å²) in [6.45, 7) is -1.25. The molecule has 9 aromatic heterocycles. The highest BCUT2D eigenvalue weighted by atomic mass is 127. The molecule has 2 aliphatic rings. The van der Waals surface area contributed by atoms with Crippen molar-refractivity contribution in [3.05, 3.63) is 157 Å². The van der Waals surface area contributed by atoms with E-state index in [2.05, 4.69) is 77.8 Å². The molecule has 43 heteroatoms. The maximum Gasteiger partial charge on any atom is 0.453 e. The van der Waals surface area contributed by atoms with Crippen molar-refractivity contribution in [2.75, 3.05) is 0 Å². The molecule has 11 heterocycles. The molecule has 0 bridgehead atoms. The molecule has 0 saturated heterocycles. The Bertz CT molecular complexity index is 4370. The SMILES string of the molecule is Fc1cnc2c(c1)C(I)=NC2.Fc1cnc2c(c1)c(I)nn2CCC(F)(F)C(F)(F)F.N#Cc1cc(F)cnc1Cl.N#Cc1nn(CCC(F)(F)C(F)(F)F)c2ncc(F)cc12.N=C(N)c1nn(CCC(F)(F)C(F)(F)F)c2ncc(F)cc12.NC1=NCc2ncc(F)cc21. The number of nitrogens with one attached hydrogen (secondary N) is 1. The van der Waals surface area contributed by atoms with Gasteiger partial charge in [-0.1, -0.05) is 11.6 Å². The molecule has 0 saturated carbocycles. The summed E-state index contributed by atoms with van der Waals surface area (Å²) in [5.41, 5.74) is 13.1. The number of rotatable bonds is 10. The van der Waals surface area contributed by atoms with Crippen LogP contribution in [0.1, 0.15) is 58.7 Å². The minimum absolute atomic E-state index is 0.0314. The Balaban J connectivity index is 0.000000185. The van der Waals surface area contributed by atoms with E-state index in [1.54, 1.807) is 34.7 Å². The Kier molecular flexibility index (Phi) is 24.0. The first-order valence-electron chi connectivity index (χ1n) is 25.4. The van der Waals surface area contributed by atoms with E-state index in [0.29, 0.717) is 24.5 Å². The molecule has 0 spiro atoms. The third-order valence-electron chi connectivity index (χ3n) is 12.2. The van der Waals surface area contributed by atoms with Crippen LogP contribution in [0.3, 0.4) is 0 Å². The number of hydrogen-bond donors (Lipinski definition) is 3. The quantitative estimate of drug-likeness (QED) is 0.0378. The fraction of sp³-hybridized carbons (Fsp3) is 0.269. The predicted octanol–water partition coefficient (Wildman–Crippen LogP) is 13.3. The Hall–Kier alpha value is -8.82. The summed E-state index contributed by atoms with van der Waals surface area (Å²) >= 11 is 9.20. The van der Waals surface area contributed by atoms with Crippen LogP contribution in [-0.4, -0.2) is 111 Å². The Labute approximate surface area is 548 Å². The number of alkyl halides is 15. The van der Waals surface area contributed by atoms with Gasteiger partial charge in [0.2, 0.25) is 0 Å². The van der Waals surface area contributed by atoms with Crippen molar-refractivity contribution in [3.63, 3.8) is 0 Å². The topological polar surface area (TPSA) is 279 Å². The summed E-state index contributed by atoms with van der Waals surface area (Å²) < 4.78 is 266. The third kappa shape index (κ3) is 19.0. The Morgan fingerprint density at radius 3 is 1.35 bits per heavy atom. The van der Waals surface area contributed by atoms with Gasteiger partial charge in [0, 0.05) is 50.0 Å². The Morgan fingerprint density at radius 2 is 0.884 bits per heavy atom. The first-order valence-corrected chi connectivity index (χ1v) is 27.9. The van der Waals surface area contributed by atoms with Gasteiger partial charge in [-0.3, -0.25) is 25.4 Å². The molecule has 0 aromatic carbocycles. The first kappa shape index (κ1) is 75.2. The van der Waals surface area contributed by atoms with Crippen LogP contribution in [0.25, 0.3) is 33.1 Å². The highest BCUT2D eigenvalue weighted by molar-refractivity contribution is 14.1. The zero-order valence-corrected chi connectivity index (χ0v) is 51.5. The van der Waals surface area contributed by atoms with Crippen molar-refractivity contribution in [3.8, 4) is 12.1 Å². The lowest BCUT2D eigenvalue weighted by molar-refractivity contribution is -0.285. The zero-order valence-electron chi connectivity index (χ0n) is 46.5. The van der Waals surface area contributed by atoms with Crippen LogP contribution < -0.4 is 11.5 Å². The normalized spacial score (nSPS) is 12.8. The number of nitrogens with two attached hydrogens (primary N) is 2. The molecule has 5 N–H and O–H groups in total. The summed E-state index contributed by atoms with van der Waals surface area (Å²) in [6, 6.07) is 10.1. The molecular formula is C52H33ClF21I2N19. The van der Waals surface area contributed by atoms with Crippen molar-refractivity contribution in [1.82, 2.24) is 59.2 Å². The fourth-order valence-electron chi connectivity index (χ4n) is 7.54. The average molecular weight is 1610 g/mol. The maximum atomic E-state index is 13.1. The number of nitriles is 2. The number of hydrogen-bond acceptors (Lipinski definition) is 15. The van der Waals surface area contributed by atoms with Gasteiger partial charge in [-0.15, -0.1) is 0 Å². The van der Waals surface area contributed by atoms with Crippen LogP contribution in [0, 0.1) is 66.7 Å². The highest BCUT2D eigenvalue weighted by Gasteiger charge is 2.58. The lowest BCUT2D eigenvalue weighted by Gasteiger charge is -2.19. The van der Waals surface area contributed by atoms with Crippen molar-refractivity contribution in [2.45, 2.75) is 88.3 Å². The number of aromatic nitrogens is 12. The summed E-state index contributed by atoms with van der Waals surface area (Å²) in [6.07, 6.45) is -15.8. The van der Waals surface area contributed by atoms with E-state index in [1.165, 1.54) is 24.5 Å². The summed E-state index contributed by atoms with van der Waals surface area (Å²) in [7, 11) is 0. The number of aliphatic imine (C=N–C) groups is 2. The number of amidine groups is 2. The van der Waals surface area contributed by atoms with Crippen molar-refractivity contribution >= 4 is 105 Å². The number of aryl methyl sites for hydroxylation is 3. The number of pyridine rings is 6. The van der Waals surface area contributed by atoms with E-state index in [-0.39, 0.29) is 70.5 Å². The van der Waals surface area contributed by atoms with Gasteiger partial charge in [-0.25, -0.2) is 60.3 Å². The van der Waals surface area contributed by atoms with Crippen LogP contribution in [0.4, 0.5) is 92.2 Å². The summed E-state index contributed by atoms with van der Waals surface area (Å²) in [4.78, 5) is 30.0. The summed E-state index contributed by atoms with van der Waals surface area (Å²) in [5, 5.41) is 35.6. The van der Waals surface area contributed by atoms with E-state index in [9.17, 15) is 92.2 Å². The molecule has 2 aliphatic heterocycles. The molecular weight excluding hydrogens is 1580 g/mol. The molecule has 504 valence electrons. The van der Waals surface area contributed by atoms with Crippen LogP contribution in [0.2, 0.25) is 5.15 Å². The Morgan fingerprint density at radius 1 is 0.505 bits per heavy atom. The van der Waals surface area contributed by atoms with Gasteiger partial charge in [0.1, 0.15) is 77.0 Å². The second kappa shape index (κ2) is 30.3. The van der Waals surface area contributed by atoms with Crippen molar-refractivity contribution in [1.29, 1.82) is 15.9 Å². The van der Waals surface area contributed by atoms with Crippen molar-refractivity contribution < 1.29 is 92.2 Å². The number of fused-ring (bicyclic) bond motifs is 5. The van der Waals surface area contributed by atoms with Gasteiger partial charge < -0.3 is 11.5 Å². The third-order valence-corrected chi connectivity index (χ3v) is 14.2. The minimum Gasteiger partial charge on any atom is -0.383 e. The van der Waals surface area contributed by atoms with E-state index >= 15 is 0 Å². The molecule has 0 unspecified atom stereocenters. The van der Waals surface area contributed by atoms with Crippen LogP contribution in [0.5, 0.6) is 0 Å². The molecule has 0 aliphatic carbocycles. The van der Waals surface area contributed by atoms with E-state index in [4.69, 9.17) is 39.0 Å². The van der Waals surface area contributed by atoms with Gasteiger partial charge in [0.05, 0.1) is 83.4 Å².